The molecule has 20 heavy (non-hydrogen) atoms. The van der Waals surface area contributed by atoms with E-state index in [9.17, 15) is 13.2 Å². The number of carbonyl (C=O) groups is 1. The second-order valence-corrected chi connectivity index (χ2v) is 7.50. The molecule has 0 atom stereocenters. The van der Waals surface area contributed by atoms with E-state index in [2.05, 4.69) is 0 Å². The number of sulfonamides is 1. The molecule has 110 valence electrons. The van der Waals surface area contributed by atoms with E-state index in [1.54, 1.807) is 4.90 Å². The number of benzene rings is 1. The summed E-state index contributed by atoms with van der Waals surface area (Å²) in [5.74, 6) is -0.200. The summed E-state index contributed by atoms with van der Waals surface area (Å²) in [4.78, 5) is 14.0. The molecule has 1 aromatic rings. The van der Waals surface area contributed by atoms with Gasteiger partial charge in [0.15, 0.2) is 0 Å². The molecule has 1 aliphatic heterocycles. The van der Waals surface area contributed by atoms with Crippen LogP contribution in [0.5, 0.6) is 0 Å². The Kier molecular flexibility index (Phi) is 3.83. The van der Waals surface area contributed by atoms with Crippen LogP contribution in [0.25, 0.3) is 0 Å². The molecular formula is C13H17ClN2O3S. The number of carbonyl (C=O) groups excluding carboxylic acids is 1. The molecule has 1 aliphatic rings. The van der Waals surface area contributed by atoms with E-state index < -0.39 is 10.0 Å². The van der Waals surface area contributed by atoms with Gasteiger partial charge in [-0.25, -0.2) is 13.6 Å². The molecule has 1 amide bonds. The first kappa shape index (κ1) is 15.3. The van der Waals surface area contributed by atoms with Crippen molar-refractivity contribution in [3.05, 3.63) is 28.8 Å². The SMILES string of the molecule is CC1(C)CCCN1C(=O)c1ccc(Cl)c(S(N)(=O)=O)c1. The van der Waals surface area contributed by atoms with Crippen LogP contribution in [-0.4, -0.2) is 31.3 Å². The normalized spacial score (nSPS) is 18.3. The molecule has 0 spiro atoms. The Morgan fingerprint density at radius 2 is 2.05 bits per heavy atom. The number of halogens is 1. The number of hydrogen-bond donors (Lipinski definition) is 1. The van der Waals surface area contributed by atoms with Gasteiger partial charge in [-0.05, 0) is 44.9 Å². The van der Waals surface area contributed by atoms with Crippen molar-refractivity contribution in [3.8, 4) is 0 Å². The molecule has 0 aromatic heterocycles. The van der Waals surface area contributed by atoms with Gasteiger partial charge in [0.2, 0.25) is 10.0 Å². The van der Waals surface area contributed by atoms with Gasteiger partial charge in [-0.1, -0.05) is 11.6 Å². The van der Waals surface area contributed by atoms with Gasteiger partial charge in [0, 0.05) is 17.6 Å². The van der Waals surface area contributed by atoms with Gasteiger partial charge >= 0.3 is 0 Å². The van der Waals surface area contributed by atoms with Crippen molar-refractivity contribution in [2.45, 2.75) is 37.1 Å². The van der Waals surface area contributed by atoms with Crippen molar-refractivity contribution < 1.29 is 13.2 Å². The van der Waals surface area contributed by atoms with Gasteiger partial charge in [0.25, 0.3) is 5.91 Å². The van der Waals surface area contributed by atoms with E-state index in [0.717, 1.165) is 12.8 Å². The Hall–Kier alpha value is -1.11. The lowest BCUT2D eigenvalue weighted by Gasteiger charge is -2.31. The first-order valence-corrected chi connectivity index (χ1v) is 8.20. The van der Waals surface area contributed by atoms with Crippen LogP contribution in [0, 0.1) is 0 Å². The van der Waals surface area contributed by atoms with Crippen LogP contribution in [0.1, 0.15) is 37.0 Å². The number of nitrogens with zero attached hydrogens (tertiary/aromatic N) is 1. The molecule has 1 aromatic carbocycles. The van der Waals surface area contributed by atoms with E-state index in [-0.39, 0.29) is 26.9 Å². The Morgan fingerprint density at radius 1 is 1.40 bits per heavy atom. The number of amides is 1. The molecule has 0 aliphatic carbocycles. The standard InChI is InChI=1S/C13H17ClN2O3S/c1-13(2)6-3-7-16(13)12(17)9-4-5-10(14)11(8-9)20(15,18)19/h4-5,8H,3,6-7H2,1-2H3,(H2,15,18,19). The Bertz CT molecular complexity index is 656. The van der Waals surface area contributed by atoms with E-state index in [0.29, 0.717) is 6.54 Å². The number of hydrogen-bond acceptors (Lipinski definition) is 3. The first-order valence-electron chi connectivity index (χ1n) is 6.27. The Balaban J connectivity index is 2.42. The van der Waals surface area contributed by atoms with E-state index in [4.69, 9.17) is 16.7 Å². The average Bonchev–Trinajstić information content (AvgIpc) is 2.67. The second kappa shape index (κ2) is 5.02. The first-order chi connectivity index (χ1) is 9.13. The minimum absolute atomic E-state index is 0.0183. The van der Waals surface area contributed by atoms with E-state index in [1.807, 2.05) is 13.8 Å². The maximum Gasteiger partial charge on any atom is 0.254 e. The van der Waals surface area contributed by atoms with Crippen molar-refractivity contribution in [3.63, 3.8) is 0 Å². The van der Waals surface area contributed by atoms with Gasteiger partial charge < -0.3 is 4.90 Å². The third-order valence-electron chi connectivity index (χ3n) is 3.63. The number of nitrogens with two attached hydrogens (primary N) is 1. The zero-order chi connectivity index (χ0) is 15.1. The smallest absolute Gasteiger partial charge is 0.254 e. The maximum absolute atomic E-state index is 12.5. The fraction of sp³-hybridized carbons (Fsp3) is 0.462. The molecule has 0 unspecified atom stereocenters. The molecule has 2 rings (SSSR count). The molecular weight excluding hydrogens is 300 g/mol. The molecule has 0 bridgehead atoms. The van der Waals surface area contributed by atoms with Crippen LogP contribution in [0.15, 0.2) is 23.1 Å². The Morgan fingerprint density at radius 3 is 2.55 bits per heavy atom. The minimum atomic E-state index is -3.94. The summed E-state index contributed by atoms with van der Waals surface area (Å²) in [7, 11) is -3.94. The predicted octanol–water partition coefficient (Wildman–Crippen LogP) is 2.00. The summed E-state index contributed by atoms with van der Waals surface area (Å²) in [6, 6.07) is 4.15. The molecule has 2 N–H and O–H groups in total. The lowest BCUT2D eigenvalue weighted by Crippen LogP contribution is -2.42. The molecule has 1 saturated heterocycles. The van der Waals surface area contributed by atoms with Gasteiger partial charge in [-0.2, -0.15) is 0 Å². The average molecular weight is 317 g/mol. The number of rotatable bonds is 2. The van der Waals surface area contributed by atoms with Crippen LogP contribution in [0.4, 0.5) is 0 Å². The van der Waals surface area contributed by atoms with Crippen molar-refractivity contribution in [2.24, 2.45) is 5.14 Å². The molecule has 1 heterocycles. The highest BCUT2D eigenvalue weighted by Gasteiger charge is 2.36. The number of primary sulfonamides is 1. The van der Waals surface area contributed by atoms with E-state index in [1.165, 1.54) is 18.2 Å². The highest BCUT2D eigenvalue weighted by Crippen LogP contribution is 2.30. The Labute approximate surface area is 123 Å². The minimum Gasteiger partial charge on any atom is -0.334 e. The summed E-state index contributed by atoms with van der Waals surface area (Å²) < 4.78 is 22.9. The van der Waals surface area contributed by atoms with Crippen molar-refractivity contribution in [1.29, 1.82) is 0 Å². The summed E-state index contributed by atoms with van der Waals surface area (Å²) in [6.07, 6.45) is 1.86. The monoisotopic (exact) mass is 316 g/mol. The summed E-state index contributed by atoms with van der Waals surface area (Å²) in [5.41, 5.74) is 0.0618. The summed E-state index contributed by atoms with van der Waals surface area (Å²) in [6.45, 7) is 4.65. The summed E-state index contributed by atoms with van der Waals surface area (Å²) >= 11 is 5.82. The van der Waals surface area contributed by atoms with Crippen LogP contribution in [-0.2, 0) is 10.0 Å². The molecule has 7 heteroatoms. The number of likely N-dealkylation sites (tertiary alicyclic amines) is 1. The lowest BCUT2D eigenvalue weighted by atomic mass is 10.0. The van der Waals surface area contributed by atoms with Gasteiger partial charge in [0.1, 0.15) is 4.90 Å². The summed E-state index contributed by atoms with van der Waals surface area (Å²) in [5, 5.41) is 5.11. The van der Waals surface area contributed by atoms with Crippen LogP contribution < -0.4 is 5.14 Å². The highest BCUT2D eigenvalue weighted by molar-refractivity contribution is 7.89. The third-order valence-corrected chi connectivity index (χ3v) is 5.02. The second-order valence-electron chi connectivity index (χ2n) is 5.56. The fourth-order valence-electron chi connectivity index (χ4n) is 2.49. The molecule has 0 radical (unpaired) electrons. The lowest BCUT2D eigenvalue weighted by molar-refractivity contribution is 0.0652. The molecule has 0 saturated carbocycles. The van der Waals surface area contributed by atoms with Crippen LogP contribution >= 0.6 is 11.6 Å². The zero-order valence-corrected chi connectivity index (χ0v) is 13.0. The zero-order valence-electron chi connectivity index (χ0n) is 11.4. The fourth-order valence-corrected chi connectivity index (χ4v) is 3.57. The topological polar surface area (TPSA) is 80.5 Å². The van der Waals surface area contributed by atoms with Gasteiger partial charge in [0.05, 0.1) is 5.02 Å². The van der Waals surface area contributed by atoms with Gasteiger partial charge in [-0.3, -0.25) is 4.79 Å². The molecule has 5 nitrogen and oxygen atoms in total. The van der Waals surface area contributed by atoms with Gasteiger partial charge in [-0.15, -0.1) is 0 Å². The van der Waals surface area contributed by atoms with Crippen LogP contribution in [0.2, 0.25) is 5.02 Å². The largest absolute Gasteiger partial charge is 0.334 e. The third kappa shape index (κ3) is 2.82. The van der Waals surface area contributed by atoms with Crippen molar-refractivity contribution in [2.75, 3.05) is 6.54 Å². The predicted molar refractivity (Wildman–Crippen MR) is 77.2 cm³/mol. The van der Waals surface area contributed by atoms with Crippen molar-refractivity contribution >= 4 is 27.5 Å². The van der Waals surface area contributed by atoms with Crippen molar-refractivity contribution in [1.82, 2.24) is 4.90 Å². The molecule has 1 fully saturated rings. The highest BCUT2D eigenvalue weighted by atomic mass is 35.5. The van der Waals surface area contributed by atoms with Crippen LogP contribution in [0.3, 0.4) is 0 Å². The maximum atomic E-state index is 12.5. The quantitative estimate of drug-likeness (QED) is 0.906. The van der Waals surface area contributed by atoms with E-state index >= 15 is 0 Å².